The van der Waals surface area contributed by atoms with E-state index in [9.17, 15) is 9.59 Å². The number of carbonyl (C=O) groups excluding carboxylic acids is 2. The van der Waals surface area contributed by atoms with Gasteiger partial charge in [0.25, 0.3) is 11.8 Å². The summed E-state index contributed by atoms with van der Waals surface area (Å²) in [4.78, 5) is 30.0. The second kappa shape index (κ2) is 7.87. The molecule has 150 valence electrons. The second-order valence-corrected chi connectivity index (χ2v) is 7.46. The van der Waals surface area contributed by atoms with Gasteiger partial charge in [0.05, 0.1) is 11.3 Å². The van der Waals surface area contributed by atoms with E-state index >= 15 is 0 Å². The number of hydrogen-bond donors (Lipinski definition) is 1. The van der Waals surface area contributed by atoms with Gasteiger partial charge in [-0.25, -0.2) is 4.90 Å². The van der Waals surface area contributed by atoms with E-state index in [1.54, 1.807) is 12.1 Å². The highest BCUT2D eigenvalue weighted by atomic mass is 16.2. The third kappa shape index (κ3) is 3.57. The first-order chi connectivity index (χ1) is 14.5. The van der Waals surface area contributed by atoms with E-state index in [0.29, 0.717) is 16.8 Å². The van der Waals surface area contributed by atoms with E-state index in [-0.39, 0.29) is 17.5 Å². The smallest absolute Gasteiger partial charge is 0.282 e. The van der Waals surface area contributed by atoms with Crippen molar-refractivity contribution in [2.45, 2.75) is 6.92 Å². The minimum atomic E-state index is -0.364. The van der Waals surface area contributed by atoms with Crippen molar-refractivity contribution in [3.05, 3.63) is 95.7 Å². The Hall–Kier alpha value is -3.86. The molecule has 5 heteroatoms. The standard InChI is InChI=1S/C25H23N3O2/c1-17-9-11-18(12-10-17)22-23(26-19-7-5-4-6-8-19)25(30)28(24(22)29)21-15-13-20(14-16-21)27(2)3/h4-16,26H,1-3H3. The zero-order valence-electron chi connectivity index (χ0n) is 17.2. The summed E-state index contributed by atoms with van der Waals surface area (Å²) in [5.41, 5.74) is 4.75. The molecule has 1 aliphatic heterocycles. The van der Waals surface area contributed by atoms with E-state index in [2.05, 4.69) is 5.32 Å². The van der Waals surface area contributed by atoms with Crippen molar-refractivity contribution < 1.29 is 9.59 Å². The fraction of sp³-hybridized carbons (Fsp3) is 0.120. The normalized spacial score (nSPS) is 13.8. The lowest BCUT2D eigenvalue weighted by Crippen LogP contribution is -2.32. The third-order valence-electron chi connectivity index (χ3n) is 5.09. The molecule has 0 atom stereocenters. The molecule has 0 unspecified atom stereocenters. The number of amides is 2. The highest BCUT2D eigenvalue weighted by molar-refractivity contribution is 6.46. The maximum Gasteiger partial charge on any atom is 0.282 e. The molecule has 1 aliphatic rings. The Kier molecular flexibility index (Phi) is 5.11. The van der Waals surface area contributed by atoms with Crippen molar-refractivity contribution in [2.24, 2.45) is 0 Å². The van der Waals surface area contributed by atoms with Crippen LogP contribution >= 0.6 is 0 Å². The number of carbonyl (C=O) groups is 2. The van der Waals surface area contributed by atoms with Crippen LogP contribution in [-0.4, -0.2) is 25.9 Å². The lowest BCUT2D eigenvalue weighted by Gasteiger charge is -2.18. The molecule has 30 heavy (non-hydrogen) atoms. The van der Waals surface area contributed by atoms with E-state index in [1.807, 2.05) is 92.6 Å². The molecule has 4 rings (SSSR count). The number of nitrogens with one attached hydrogen (secondary N) is 1. The molecule has 0 aliphatic carbocycles. The number of nitrogens with zero attached hydrogens (tertiary/aromatic N) is 2. The molecule has 0 aromatic heterocycles. The van der Waals surface area contributed by atoms with E-state index in [4.69, 9.17) is 0 Å². The lowest BCUT2D eigenvalue weighted by atomic mass is 10.0. The Morgan fingerprint density at radius 2 is 1.40 bits per heavy atom. The topological polar surface area (TPSA) is 52.7 Å². The molecule has 1 heterocycles. The Labute approximate surface area is 176 Å². The first-order valence-corrected chi connectivity index (χ1v) is 9.75. The Bertz CT molecular complexity index is 1120. The maximum absolute atomic E-state index is 13.4. The number of para-hydroxylation sites is 1. The molecule has 0 saturated heterocycles. The van der Waals surface area contributed by atoms with Crippen LogP contribution in [0.2, 0.25) is 0 Å². The van der Waals surface area contributed by atoms with Crippen molar-refractivity contribution in [1.82, 2.24) is 0 Å². The molecule has 0 bridgehead atoms. The zero-order valence-corrected chi connectivity index (χ0v) is 17.2. The van der Waals surface area contributed by atoms with Crippen molar-refractivity contribution in [3.8, 4) is 0 Å². The lowest BCUT2D eigenvalue weighted by molar-refractivity contribution is -0.120. The average molecular weight is 397 g/mol. The molecule has 2 amide bonds. The highest BCUT2D eigenvalue weighted by Gasteiger charge is 2.40. The minimum absolute atomic E-state index is 0.284. The summed E-state index contributed by atoms with van der Waals surface area (Å²) in [6.45, 7) is 1.99. The molecule has 3 aromatic rings. The summed E-state index contributed by atoms with van der Waals surface area (Å²) in [7, 11) is 3.89. The Morgan fingerprint density at radius 3 is 2.00 bits per heavy atom. The van der Waals surface area contributed by atoms with Gasteiger partial charge in [0.1, 0.15) is 5.70 Å². The Morgan fingerprint density at radius 1 is 0.767 bits per heavy atom. The van der Waals surface area contributed by atoms with Crippen LogP contribution in [0.15, 0.2) is 84.6 Å². The molecule has 0 spiro atoms. The number of imide groups is 1. The summed E-state index contributed by atoms with van der Waals surface area (Å²) < 4.78 is 0. The second-order valence-electron chi connectivity index (χ2n) is 7.46. The van der Waals surface area contributed by atoms with Gasteiger partial charge in [-0.15, -0.1) is 0 Å². The van der Waals surface area contributed by atoms with Gasteiger partial charge in [-0.3, -0.25) is 9.59 Å². The quantitative estimate of drug-likeness (QED) is 0.646. The first kappa shape index (κ1) is 19.5. The minimum Gasteiger partial charge on any atom is -0.378 e. The van der Waals surface area contributed by atoms with Crippen molar-refractivity contribution in [2.75, 3.05) is 29.2 Å². The number of anilines is 3. The summed E-state index contributed by atoms with van der Waals surface area (Å²) in [6.07, 6.45) is 0. The van der Waals surface area contributed by atoms with Crippen LogP contribution < -0.4 is 15.1 Å². The SMILES string of the molecule is Cc1ccc(C2=C(Nc3ccccc3)C(=O)N(c3ccc(N(C)C)cc3)C2=O)cc1. The molecular formula is C25H23N3O2. The number of hydrogen-bond acceptors (Lipinski definition) is 4. The summed E-state index contributed by atoms with van der Waals surface area (Å²) in [5, 5.41) is 3.17. The van der Waals surface area contributed by atoms with Crippen LogP contribution in [0.1, 0.15) is 11.1 Å². The van der Waals surface area contributed by atoms with Gasteiger partial charge in [-0.2, -0.15) is 0 Å². The molecule has 0 radical (unpaired) electrons. The van der Waals surface area contributed by atoms with Gasteiger partial charge in [0.15, 0.2) is 0 Å². The summed E-state index contributed by atoms with van der Waals surface area (Å²) in [6, 6.07) is 24.4. The highest BCUT2D eigenvalue weighted by Crippen LogP contribution is 2.34. The van der Waals surface area contributed by atoms with Gasteiger partial charge >= 0.3 is 0 Å². The van der Waals surface area contributed by atoms with Gasteiger partial charge in [-0.05, 0) is 48.9 Å². The van der Waals surface area contributed by atoms with Crippen molar-refractivity contribution in [3.63, 3.8) is 0 Å². The largest absolute Gasteiger partial charge is 0.378 e. The van der Waals surface area contributed by atoms with Crippen LogP contribution in [0, 0.1) is 6.92 Å². The predicted octanol–water partition coefficient (Wildman–Crippen LogP) is 4.46. The van der Waals surface area contributed by atoms with E-state index < -0.39 is 0 Å². The maximum atomic E-state index is 13.4. The molecular weight excluding hydrogens is 374 g/mol. The number of benzene rings is 3. The van der Waals surface area contributed by atoms with Gasteiger partial charge in [-0.1, -0.05) is 48.0 Å². The fourth-order valence-corrected chi connectivity index (χ4v) is 3.43. The molecule has 1 N–H and O–H groups in total. The Balaban J connectivity index is 1.78. The molecule has 0 fully saturated rings. The first-order valence-electron chi connectivity index (χ1n) is 9.75. The molecule has 5 nitrogen and oxygen atoms in total. The van der Waals surface area contributed by atoms with Crippen molar-refractivity contribution >= 4 is 34.4 Å². The van der Waals surface area contributed by atoms with Crippen LogP contribution in [0.4, 0.5) is 17.1 Å². The molecule has 0 saturated carbocycles. The van der Waals surface area contributed by atoms with Crippen LogP contribution in [-0.2, 0) is 9.59 Å². The third-order valence-corrected chi connectivity index (χ3v) is 5.09. The number of rotatable bonds is 5. The van der Waals surface area contributed by atoms with E-state index in [0.717, 1.165) is 16.9 Å². The van der Waals surface area contributed by atoms with Crippen molar-refractivity contribution in [1.29, 1.82) is 0 Å². The predicted molar refractivity (Wildman–Crippen MR) is 121 cm³/mol. The fourth-order valence-electron chi connectivity index (χ4n) is 3.43. The zero-order chi connectivity index (χ0) is 21.3. The van der Waals surface area contributed by atoms with Gasteiger partial charge in [0, 0.05) is 25.5 Å². The average Bonchev–Trinajstić information content (AvgIpc) is 2.99. The molecule has 3 aromatic carbocycles. The monoisotopic (exact) mass is 397 g/mol. The summed E-state index contributed by atoms with van der Waals surface area (Å²) in [5.74, 6) is -0.697. The van der Waals surface area contributed by atoms with Gasteiger partial charge in [0.2, 0.25) is 0 Å². The van der Waals surface area contributed by atoms with Crippen LogP contribution in [0.5, 0.6) is 0 Å². The van der Waals surface area contributed by atoms with E-state index in [1.165, 1.54) is 4.90 Å². The van der Waals surface area contributed by atoms with Crippen LogP contribution in [0.3, 0.4) is 0 Å². The summed E-state index contributed by atoms with van der Waals surface area (Å²) >= 11 is 0. The van der Waals surface area contributed by atoms with Crippen LogP contribution in [0.25, 0.3) is 5.57 Å². The van der Waals surface area contributed by atoms with Gasteiger partial charge < -0.3 is 10.2 Å². The number of aryl methyl sites for hydroxylation is 1.